The lowest BCUT2D eigenvalue weighted by Gasteiger charge is -2.43. The van der Waals surface area contributed by atoms with E-state index in [0.717, 1.165) is 18.4 Å². The number of ether oxygens (including phenoxy) is 4. The Hall–Kier alpha value is -3.27. The maximum absolute atomic E-state index is 12.8. The first kappa shape index (κ1) is 27.8. The molecular formula is C24H28O14. The molecule has 3 aliphatic rings. The van der Waals surface area contributed by atoms with Crippen LogP contribution in [-0.4, -0.2) is 103 Å². The smallest absolute Gasteiger partial charge is 0.339 e. The Morgan fingerprint density at radius 3 is 2.34 bits per heavy atom. The van der Waals surface area contributed by atoms with Crippen molar-refractivity contribution >= 4 is 17.9 Å². The van der Waals surface area contributed by atoms with Gasteiger partial charge < -0.3 is 54.7 Å². The SMILES string of the molecule is C[C@@H]1[C@@H]2[C@H](O[C@@H]3O[C@H](CO)[C@@H](O)[C@H](O)[C@H]3O)OC=C(C(=O)O)[C@H]2C[C@@H]1OC(=O)c1ccc(C(=O)O)c(O)c1. The summed E-state index contributed by atoms with van der Waals surface area (Å²) in [4.78, 5) is 35.7. The van der Waals surface area contributed by atoms with Crippen LogP contribution in [-0.2, 0) is 23.7 Å². The number of carbonyl (C=O) groups is 3. The molecule has 10 atom stereocenters. The van der Waals surface area contributed by atoms with Crippen molar-refractivity contribution < 1.29 is 69.1 Å². The molecule has 2 heterocycles. The van der Waals surface area contributed by atoms with E-state index in [9.17, 15) is 45.0 Å². The largest absolute Gasteiger partial charge is 0.507 e. The number of carbonyl (C=O) groups excluding carboxylic acids is 1. The summed E-state index contributed by atoms with van der Waals surface area (Å²) in [6.45, 7) is 0.994. The van der Waals surface area contributed by atoms with Crippen molar-refractivity contribution in [3.05, 3.63) is 41.2 Å². The van der Waals surface area contributed by atoms with E-state index in [1.54, 1.807) is 6.92 Å². The number of aromatic carboxylic acids is 1. The van der Waals surface area contributed by atoms with E-state index in [4.69, 9.17) is 24.1 Å². The molecule has 2 fully saturated rings. The van der Waals surface area contributed by atoms with Crippen LogP contribution in [0.2, 0.25) is 0 Å². The lowest BCUT2D eigenvalue weighted by molar-refractivity contribution is -0.342. The number of rotatable bonds is 7. The molecule has 1 aromatic carbocycles. The van der Waals surface area contributed by atoms with Crippen molar-refractivity contribution in [3.8, 4) is 5.75 Å². The molecular weight excluding hydrogens is 512 g/mol. The third-order valence-corrected chi connectivity index (χ3v) is 7.27. The van der Waals surface area contributed by atoms with Crippen molar-refractivity contribution in [2.75, 3.05) is 6.61 Å². The zero-order valence-corrected chi connectivity index (χ0v) is 20.0. The molecule has 7 N–H and O–H groups in total. The third kappa shape index (κ3) is 5.06. The fraction of sp³-hybridized carbons (Fsp3) is 0.542. The summed E-state index contributed by atoms with van der Waals surface area (Å²) in [5.41, 5.74) is -0.616. The lowest BCUT2D eigenvalue weighted by Crippen LogP contribution is -2.60. The van der Waals surface area contributed by atoms with Crippen LogP contribution in [0.4, 0.5) is 0 Å². The Kier molecular flexibility index (Phi) is 7.92. The first-order chi connectivity index (χ1) is 17.9. The Bertz CT molecular complexity index is 1120. The molecule has 0 amide bonds. The van der Waals surface area contributed by atoms with Gasteiger partial charge in [0.25, 0.3) is 0 Å². The summed E-state index contributed by atoms with van der Waals surface area (Å²) >= 11 is 0. The molecule has 1 saturated carbocycles. The van der Waals surface area contributed by atoms with E-state index in [1.807, 2.05) is 0 Å². The van der Waals surface area contributed by atoms with Crippen LogP contribution in [0, 0.1) is 17.8 Å². The first-order valence-electron chi connectivity index (χ1n) is 11.8. The maximum Gasteiger partial charge on any atom is 0.339 e. The molecule has 14 heteroatoms. The van der Waals surface area contributed by atoms with Gasteiger partial charge in [-0.25, -0.2) is 14.4 Å². The van der Waals surface area contributed by atoms with Gasteiger partial charge in [-0.3, -0.25) is 0 Å². The highest BCUT2D eigenvalue weighted by Gasteiger charge is 2.54. The zero-order valence-electron chi connectivity index (χ0n) is 20.0. The van der Waals surface area contributed by atoms with Gasteiger partial charge in [0.15, 0.2) is 6.29 Å². The zero-order chi connectivity index (χ0) is 27.9. The van der Waals surface area contributed by atoms with Crippen molar-refractivity contribution in [1.82, 2.24) is 0 Å². The van der Waals surface area contributed by atoms with Gasteiger partial charge in [0.05, 0.1) is 24.0 Å². The molecule has 1 aliphatic carbocycles. The fourth-order valence-electron chi connectivity index (χ4n) is 5.17. The number of esters is 1. The van der Waals surface area contributed by atoms with E-state index in [1.165, 1.54) is 6.07 Å². The number of phenols is 1. The highest BCUT2D eigenvalue weighted by molar-refractivity contribution is 5.95. The summed E-state index contributed by atoms with van der Waals surface area (Å²) in [7, 11) is 0. The predicted octanol–water partition coefficient (Wildman–Crippen LogP) is -0.971. The van der Waals surface area contributed by atoms with E-state index in [0.29, 0.717) is 0 Å². The lowest BCUT2D eigenvalue weighted by atomic mass is 9.83. The van der Waals surface area contributed by atoms with Crippen LogP contribution in [0.5, 0.6) is 5.75 Å². The molecule has 4 rings (SSSR count). The second kappa shape index (κ2) is 10.8. The van der Waals surface area contributed by atoms with Crippen molar-refractivity contribution in [1.29, 1.82) is 0 Å². The second-order valence-electron chi connectivity index (χ2n) is 9.48. The Morgan fingerprint density at radius 1 is 1.03 bits per heavy atom. The Labute approximate surface area is 215 Å². The highest BCUT2D eigenvalue weighted by Crippen LogP contribution is 2.48. The molecule has 14 nitrogen and oxygen atoms in total. The monoisotopic (exact) mass is 540 g/mol. The van der Waals surface area contributed by atoms with Crippen LogP contribution in [0.15, 0.2) is 30.0 Å². The third-order valence-electron chi connectivity index (χ3n) is 7.27. The average Bonchev–Trinajstić information content (AvgIpc) is 3.19. The molecule has 0 spiro atoms. The van der Waals surface area contributed by atoms with Crippen LogP contribution in [0.3, 0.4) is 0 Å². The Morgan fingerprint density at radius 2 is 1.74 bits per heavy atom. The number of aliphatic hydroxyl groups excluding tert-OH is 4. The summed E-state index contributed by atoms with van der Waals surface area (Å²) in [5.74, 6) is -6.15. The maximum atomic E-state index is 12.8. The molecule has 38 heavy (non-hydrogen) atoms. The van der Waals surface area contributed by atoms with Crippen LogP contribution in [0.25, 0.3) is 0 Å². The minimum Gasteiger partial charge on any atom is -0.507 e. The number of benzene rings is 1. The van der Waals surface area contributed by atoms with Crippen LogP contribution < -0.4 is 0 Å². The van der Waals surface area contributed by atoms with Crippen LogP contribution >= 0.6 is 0 Å². The summed E-state index contributed by atoms with van der Waals surface area (Å²) in [6, 6.07) is 3.18. The minimum atomic E-state index is -1.72. The topological polar surface area (TPSA) is 230 Å². The summed E-state index contributed by atoms with van der Waals surface area (Å²) in [5, 5.41) is 68.4. The molecule has 0 unspecified atom stereocenters. The predicted molar refractivity (Wildman–Crippen MR) is 120 cm³/mol. The fourth-order valence-corrected chi connectivity index (χ4v) is 5.17. The van der Waals surface area contributed by atoms with Crippen LogP contribution in [0.1, 0.15) is 34.1 Å². The number of fused-ring (bicyclic) bond motifs is 1. The van der Waals surface area contributed by atoms with Gasteiger partial charge in [0, 0.05) is 17.8 Å². The van der Waals surface area contributed by atoms with Crippen molar-refractivity contribution in [2.45, 2.75) is 56.4 Å². The molecule has 2 aliphatic heterocycles. The van der Waals surface area contributed by atoms with Crippen molar-refractivity contribution in [2.24, 2.45) is 17.8 Å². The standard InChI is InChI=1S/C24H28O14/c1-8-14(36-22(34)9-2-3-10(20(30)31)13(26)4-9)5-11-12(21(32)33)7-35-23(16(8)11)38-24-19(29)18(28)17(27)15(6-25)37-24/h2-4,7-8,11,14-19,23-29H,5-6H2,1H3,(H,30,31)(H,32,33)/t8-,11+,14-,15+,16-,17+,18-,19+,23-,24-/m0/s1. The van der Waals surface area contributed by atoms with E-state index < -0.39 is 96.7 Å². The molecule has 0 aromatic heterocycles. The quantitative estimate of drug-likeness (QED) is 0.206. The second-order valence-corrected chi connectivity index (χ2v) is 9.48. The number of aromatic hydroxyl groups is 1. The molecule has 208 valence electrons. The molecule has 1 saturated heterocycles. The van der Waals surface area contributed by atoms with Gasteiger partial charge in [-0.05, 0) is 24.6 Å². The minimum absolute atomic E-state index is 0.0623. The molecule has 0 bridgehead atoms. The number of hydrogen-bond acceptors (Lipinski definition) is 12. The van der Waals surface area contributed by atoms with E-state index >= 15 is 0 Å². The van der Waals surface area contributed by atoms with Gasteiger partial charge in [-0.15, -0.1) is 0 Å². The number of aliphatic carboxylic acids is 1. The Balaban J connectivity index is 1.53. The summed E-state index contributed by atoms with van der Waals surface area (Å²) in [6.07, 6.45) is -8.81. The van der Waals surface area contributed by atoms with Crippen molar-refractivity contribution in [3.63, 3.8) is 0 Å². The van der Waals surface area contributed by atoms with E-state index in [2.05, 4.69) is 0 Å². The first-order valence-corrected chi connectivity index (χ1v) is 11.8. The van der Waals surface area contributed by atoms with Gasteiger partial charge in [-0.2, -0.15) is 0 Å². The van der Waals surface area contributed by atoms with E-state index in [-0.39, 0.29) is 17.6 Å². The normalized spacial score (nSPS) is 36.5. The number of aliphatic hydroxyl groups is 4. The molecule has 0 radical (unpaired) electrons. The van der Waals surface area contributed by atoms with Gasteiger partial charge in [0.1, 0.15) is 41.8 Å². The molecule has 1 aromatic rings. The van der Waals surface area contributed by atoms with Gasteiger partial charge >= 0.3 is 17.9 Å². The number of hydrogen-bond donors (Lipinski definition) is 7. The summed E-state index contributed by atoms with van der Waals surface area (Å²) < 4.78 is 22.2. The average molecular weight is 540 g/mol. The van der Waals surface area contributed by atoms with Gasteiger partial charge in [0.2, 0.25) is 6.29 Å². The van der Waals surface area contributed by atoms with Gasteiger partial charge in [-0.1, -0.05) is 6.92 Å². The highest BCUT2D eigenvalue weighted by atomic mass is 16.8. The number of carboxylic acid groups (broad SMARTS) is 2. The number of carboxylic acids is 2.